The van der Waals surface area contributed by atoms with E-state index < -0.39 is 23.6 Å². The third-order valence-electron chi connectivity index (χ3n) is 13.1. The second-order valence-electron chi connectivity index (χ2n) is 18.2. The van der Waals surface area contributed by atoms with Crippen molar-refractivity contribution in [3.8, 4) is 45.6 Å². The van der Waals surface area contributed by atoms with Gasteiger partial charge in [0.25, 0.3) is 23.6 Å². The summed E-state index contributed by atoms with van der Waals surface area (Å²) in [6, 6.07) is 29.7. The fourth-order valence-corrected chi connectivity index (χ4v) is 8.77. The van der Waals surface area contributed by atoms with Gasteiger partial charge in [0.2, 0.25) is 0 Å². The minimum absolute atomic E-state index is 0.255. The zero-order valence-corrected chi connectivity index (χ0v) is 46.0. The third kappa shape index (κ3) is 15.4. The molecule has 0 aliphatic heterocycles. The average Bonchev–Trinajstić information content (AvgIpc) is 3.44. The lowest BCUT2D eigenvalue weighted by molar-refractivity contribution is 0.101. The van der Waals surface area contributed by atoms with Gasteiger partial charge < -0.3 is 49.7 Å². The smallest absolute Gasteiger partial charge is 0.259 e. The van der Waals surface area contributed by atoms with Gasteiger partial charge in [0, 0.05) is 46.8 Å². The monoisotopic (exact) mass is 1070 g/mol. The molecule has 14 nitrogen and oxygen atoms in total. The van der Waals surface area contributed by atoms with Crippen molar-refractivity contribution in [2.45, 2.75) is 79.1 Å². The van der Waals surface area contributed by atoms with Gasteiger partial charge in [0.15, 0.2) is 23.0 Å². The normalized spacial score (nSPS) is 11.7. The van der Waals surface area contributed by atoms with Crippen LogP contribution in [0.1, 0.15) is 120 Å². The number of hydrogen-bond acceptors (Lipinski definition) is 10. The fraction of sp³-hybridized carbons (Fsp3) is 0.333. The Kier molecular flexibility index (Phi) is 21.7. The first-order chi connectivity index (χ1) is 36.8. The molecule has 0 aromatic heterocycles. The summed E-state index contributed by atoms with van der Waals surface area (Å²) in [5, 5.41) is 12.0. The van der Waals surface area contributed by atoms with Gasteiger partial charge in [-0.25, -0.2) is 0 Å². The first-order valence-corrected chi connectivity index (χ1v) is 26.3. The number of benzene rings is 6. The Balaban J connectivity index is 1.02. The quantitative estimate of drug-likeness (QED) is 0.0389. The number of ether oxygens (including phenoxy) is 6. The summed E-state index contributed by atoms with van der Waals surface area (Å²) >= 11 is 13.4. The zero-order chi connectivity index (χ0) is 54.7. The molecule has 0 saturated heterocycles. The Morgan fingerprint density at radius 1 is 0.434 bits per heavy atom. The van der Waals surface area contributed by atoms with Gasteiger partial charge in [-0.05, 0) is 109 Å². The number of halogens is 2. The Morgan fingerprint density at radius 2 is 0.803 bits per heavy atom. The van der Waals surface area contributed by atoms with Crippen LogP contribution in [-0.4, -0.2) is 65.3 Å². The molecule has 2 atom stereocenters. The maximum absolute atomic E-state index is 13.5. The lowest BCUT2D eigenvalue weighted by atomic mass is 10.0. The van der Waals surface area contributed by atoms with Crippen LogP contribution >= 0.6 is 23.2 Å². The van der Waals surface area contributed by atoms with Gasteiger partial charge in [-0.15, -0.1) is 0 Å². The number of carbonyl (C=O) groups excluding carboxylic acids is 4. The highest BCUT2D eigenvalue weighted by Crippen LogP contribution is 2.38. The molecule has 0 heterocycles. The number of methoxy groups -OCH3 is 4. The van der Waals surface area contributed by atoms with Crippen molar-refractivity contribution in [2.24, 2.45) is 11.8 Å². The van der Waals surface area contributed by atoms with Gasteiger partial charge in [-0.2, -0.15) is 0 Å². The summed E-state index contributed by atoms with van der Waals surface area (Å²) < 4.78 is 34.6. The van der Waals surface area contributed by atoms with Crippen molar-refractivity contribution in [3.05, 3.63) is 141 Å². The van der Waals surface area contributed by atoms with E-state index in [2.05, 4.69) is 49.0 Å². The van der Waals surface area contributed by atoms with E-state index in [0.29, 0.717) is 105 Å². The van der Waals surface area contributed by atoms with Gasteiger partial charge >= 0.3 is 0 Å². The van der Waals surface area contributed by atoms with Crippen LogP contribution < -0.4 is 49.7 Å². The van der Waals surface area contributed by atoms with Crippen molar-refractivity contribution in [1.29, 1.82) is 0 Å². The molecular formula is C60H68Cl2N4O10. The first-order valence-electron chi connectivity index (χ1n) is 25.6. The summed E-state index contributed by atoms with van der Waals surface area (Å²) in [6.45, 7) is 9.69. The minimum atomic E-state index is -0.432. The standard InChI is InChI=1S/C60H68Cl2N4O10/c1-9-13-15-37(11-3)35-75-55-33-51(71-5)45(31-53(55)73-7)59(69)63-43-23-17-39(18-24-43)57(67)65-49-27-21-41(29-47(49)61)42-22-28-50(48(62)30-42)66-58(68)40-19-25-44(26-20-40)64-60(70)46-32-54(74-8)56(34-52(46)72-6)76-36-38(12-4)16-14-10-2/h17-34,37-38H,9-16,35-36H2,1-8H3,(H,63,69)(H,64,70)(H,65,67)(H,66,68). The number of hydrogen-bond donors (Lipinski definition) is 4. The third-order valence-corrected chi connectivity index (χ3v) is 13.7. The lowest BCUT2D eigenvalue weighted by Crippen LogP contribution is -2.15. The SMILES string of the molecule is CCCCC(CC)COc1cc(OC)c(C(=O)Nc2ccc(C(=O)Nc3ccc(-c4ccc(NC(=O)c5ccc(NC(=O)c6cc(OC)c(OCC(CC)CCCC)cc6OC)cc5)c(Cl)c4)cc3Cl)cc2)cc1OC. The predicted molar refractivity (Wildman–Crippen MR) is 303 cm³/mol. The fourth-order valence-electron chi connectivity index (χ4n) is 8.32. The van der Waals surface area contributed by atoms with Crippen LogP contribution in [0.2, 0.25) is 10.0 Å². The van der Waals surface area contributed by atoms with E-state index in [1.54, 1.807) is 109 Å². The molecule has 0 radical (unpaired) electrons. The zero-order valence-electron chi connectivity index (χ0n) is 44.5. The summed E-state index contributed by atoms with van der Waals surface area (Å²) in [6.07, 6.45) is 8.63. The van der Waals surface area contributed by atoms with Crippen molar-refractivity contribution in [3.63, 3.8) is 0 Å². The molecule has 0 aliphatic carbocycles. The molecule has 0 fully saturated rings. The van der Waals surface area contributed by atoms with Gasteiger partial charge in [0.05, 0.1) is 74.2 Å². The van der Waals surface area contributed by atoms with E-state index in [0.717, 1.165) is 51.4 Å². The predicted octanol–water partition coefficient (Wildman–Crippen LogP) is 14.9. The summed E-state index contributed by atoms with van der Waals surface area (Å²) in [7, 11) is 6.02. The van der Waals surface area contributed by atoms with Crippen LogP contribution in [0.5, 0.6) is 34.5 Å². The van der Waals surface area contributed by atoms with Crippen LogP contribution in [0.3, 0.4) is 0 Å². The molecule has 0 aliphatic rings. The molecule has 76 heavy (non-hydrogen) atoms. The number of amides is 4. The Morgan fingerprint density at radius 3 is 1.12 bits per heavy atom. The van der Waals surface area contributed by atoms with Crippen molar-refractivity contribution < 1.29 is 47.6 Å². The van der Waals surface area contributed by atoms with Crippen LogP contribution in [0, 0.1) is 11.8 Å². The summed E-state index contributed by atoms with van der Waals surface area (Å²) in [4.78, 5) is 53.6. The Bertz CT molecular complexity index is 2750. The number of unbranched alkanes of at least 4 members (excludes halogenated alkanes) is 2. The molecule has 4 amide bonds. The molecule has 2 unspecified atom stereocenters. The highest BCUT2D eigenvalue weighted by atomic mass is 35.5. The van der Waals surface area contributed by atoms with E-state index in [1.807, 2.05) is 0 Å². The van der Waals surface area contributed by atoms with Gasteiger partial charge in [0.1, 0.15) is 11.5 Å². The van der Waals surface area contributed by atoms with Crippen LogP contribution in [-0.2, 0) is 0 Å². The number of nitrogens with one attached hydrogen (secondary N) is 4. The van der Waals surface area contributed by atoms with E-state index in [-0.39, 0.29) is 21.2 Å². The first kappa shape index (κ1) is 57.9. The molecule has 6 aromatic carbocycles. The van der Waals surface area contributed by atoms with Crippen molar-refractivity contribution in [2.75, 3.05) is 62.9 Å². The topological polar surface area (TPSA) is 172 Å². The minimum Gasteiger partial charge on any atom is -0.496 e. The average molecular weight is 1080 g/mol. The molecule has 0 saturated carbocycles. The highest BCUT2D eigenvalue weighted by Gasteiger charge is 2.22. The Hall–Kier alpha value is -7.42. The molecule has 16 heteroatoms. The maximum Gasteiger partial charge on any atom is 0.259 e. The molecular weight excluding hydrogens is 1010 g/mol. The van der Waals surface area contributed by atoms with Crippen molar-refractivity contribution >= 4 is 69.6 Å². The van der Waals surface area contributed by atoms with Crippen molar-refractivity contribution in [1.82, 2.24) is 0 Å². The van der Waals surface area contributed by atoms with Gasteiger partial charge in [-0.1, -0.05) is 102 Å². The maximum atomic E-state index is 13.5. The van der Waals surface area contributed by atoms with E-state index >= 15 is 0 Å². The van der Waals surface area contributed by atoms with Gasteiger partial charge in [-0.3, -0.25) is 19.2 Å². The summed E-state index contributed by atoms with van der Waals surface area (Å²) in [5.41, 5.74) is 4.28. The molecule has 6 aromatic rings. The number of carbonyl (C=O) groups is 4. The highest BCUT2D eigenvalue weighted by molar-refractivity contribution is 6.35. The lowest BCUT2D eigenvalue weighted by Gasteiger charge is -2.19. The Labute approximate surface area is 456 Å². The number of rotatable bonds is 27. The van der Waals surface area contributed by atoms with Crippen LogP contribution in [0.25, 0.3) is 11.1 Å². The van der Waals surface area contributed by atoms with E-state index in [4.69, 9.17) is 51.6 Å². The second-order valence-corrected chi connectivity index (χ2v) is 19.0. The molecule has 402 valence electrons. The largest absolute Gasteiger partial charge is 0.496 e. The summed E-state index contributed by atoms with van der Waals surface area (Å²) in [5.74, 6) is 1.59. The second kappa shape index (κ2) is 28.5. The van der Waals surface area contributed by atoms with E-state index in [9.17, 15) is 19.2 Å². The molecule has 6 rings (SSSR count). The molecule has 4 N–H and O–H groups in total. The number of anilines is 4. The van der Waals surface area contributed by atoms with E-state index in [1.165, 1.54) is 28.4 Å². The van der Waals surface area contributed by atoms with Crippen LogP contribution in [0.4, 0.5) is 22.7 Å². The molecule has 0 bridgehead atoms. The van der Waals surface area contributed by atoms with Crippen LogP contribution in [0.15, 0.2) is 109 Å². The molecule has 0 spiro atoms.